The second kappa shape index (κ2) is 8.63. The summed E-state index contributed by atoms with van der Waals surface area (Å²) in [6.07, 6.45) is 10.6. The second-order valence-electron chi connectivity index (χ2n) is 7.73. The highest BCUT2D eigenvalue weighted by molar-refractivity contribution is 6.04. The molecule has 0 spiro atoms. The van der Waals surface area contributed by atoms with Crippen LogP contribution in [0.5, 0.6) is 0 Å². The maximum Gasteiger partial charge on any atom is 0.287 e. The molecule has 154 valence electrons. The van der Waals surface area contributed by atoms with Crippen LogP contribution in [0.25, 0.3) is 0 Å². The Morgan fingerprint density at radius 3 is 2.79 bits per heavy atom. The summed E-state index contributed by atoms with van der Waals surface area (Å²) in [6.45, 7) is 3.05. The van der Waals surface area contributed by atoms with Gasteiger partial charge in [-0.25, -0.2) is 4.98 Å². The molecule has 2 aromatic heterocycles. The van der Waals surface area contributed by atoms with Crippen molar-refractivity contribution < 1.29 is 14.1 Å². The highest BCUT2D eigenvalue weighted by atomic mass is 16.5. The molecule has 0 radical (unpaired) electrons. The summed E-state index contributed by atoms with van der Waals surface area (Å²) in [5.74, 6) is 0.687. The number of aryl methyl sites for hydroxylation is 1. The highest BCUT2D eigenvalue weighted by Crippen LogP contribution is 2.23. The molecular weight excluding hydrogens is 370 g/mol. The average Bonchev–Trinajstić information content (AvgIpc) is 3.32. The van der Waals surface area contributed by atoms with Crippen molar-refractivity contribution in [2.24, 2.45) is 0 Å². The third-order valence-electron chi connectivity index (χ3n) is 5.52. The van der Waals surface area contributed by atoms with E-state index in [1.54, 1.807) is 13.0 Å². The number of hydrogen-bond acceptors (Lipinski definition) is 5. The van der Waals surface area contributed by atoms with E-state index in [1.807, 2.05) is 4.57 Å². The van der Waals surface area contributed by atoms with Crippen molar-refractivity contribution in [3.05, 3.63) is 40.7 Å². The number of fused-ring (bicyclic) bond motifs is 1. The summed E-state index contributed by atoms with van der Waals surface area (Å²) in [5, 5.41) is 9.48. The molecule has 0 saturated heterocycles. The maximum absolute atomic E-state index is 12.8. The van der Waals surface area contributed by atoms with Crippen LogP contribution >= 0.6 is 0 Å². The van der Waals surface area contributed by atoms with Crippen LogP contribution in [-0.4, -0.2) is 33.1 Å². The van der Waals surface area contributed by atoms with Gasteiger partial charge in [0.05, 0.1) is 5.69 Å². The van der Waals surface area contributed by atoms with Crippen molar-refractivity contribution >= 4 is 17.6 Å². The molecule has 1 aliphatic carbocycles. The van der Waals surface area contributed by atoms with Crippen LogP contribution in [0.3, 0.4) is 0 Å². The van der Waals surface area contributed by atoms with Crippen LogP contribution in [-0.2, 0) is 13.0 Å². The maximum atomic E-state index is 12.8. The standard InChI is InChI=1S/C21H27N5O3/c1-14-13-17(25-29-14)23-20(27)18-16-9-5-6-12-26(16)19(24-18)21(28)22-11-10-15-7-3-2-4-8-15/h7,13H,2-6,8-12H2,1H3,(H,22,28)(H,23,25,27). The van der Waals surface area contributed by atoms with Gasteiger partial charge in [-0.2, -0.15) is 0 Å². The molecule has 2 aromatic rings. The first-order chi connectivity index (χ1) is 14.1. The average molecular weight is 397 g/mol. The van der Waals surface area contributed by atoms with Gasteiger partial charge in [0.2, 0.25) is 0 Å². The molecule has 2 N–H and O–H groups in total. The quantitative estimate of drug-likeness (QED) is 0.728. The van der Waals surface area contributed by atoms with E-state index in [2.05, 4.69) is 26.9 Å². The van der Waals surface area contributed by atoms with Crippen molar-refractivity contribution in [3.63, 3.8) is 0 Å². The van der Waals surface area contributed by atoms with E-state index in [-0.39, 0.29) is 11.8 Å². The number of anilines is 1. The zero-order valence-corrected chi connectivity index (χ0v) is 16.8. The fourth-order valence-electron chi connectivity index (χ4n) is 4.05. The molecule has 3 heterocycles. The lowest BCUT2D eigenvalue weighted by Crippen LogP contribution is -2.29. The summed E-state index contributed by atoms with van der Waals surface area (Å²) < 4.78 is 6.88. The molecule has 2 aliphatic rings. The van der Waals surface area contributed by atoms with Gasteiger partial charge in [-0.3, -0.25) is 9.59 Å². The lowest BCUT2D eigenvalue weighted by molar-refractivity contribution is 0.0938. The van der Waals surface area contributed by atoms with Crippen LogP contribution in [0.1, 0.15) is 77.5 Å². The Bertz CT molecular complexity index is 940. The number of rotatable bonds is 6. The van der Waals surface area contributed by atoms with Crippen LogP contribution in [0.4, 0.5) is 5.82 Å². The predicted octanol–water partition coefficient (Wildman–Crippen LogP) is 3.39. The van der Waals surface area contributed by atoms with Gasteiger partial charge in [0, 0.05) is 19.2 Å². The Morgan fingerprint density at radius 1 is 1.17 bits per heavy atom. The molecule has 8 heteroatoms. The van der Waals surface area contributed by atoms with Crippen molar-refractivity contribution in [1.29, 1.82) is 0 Å². The van der Waals surface area contributed by atoms with Crippen LogP contribution < -0.4 is 10.6 Å². The molecule has 29 heavy (non-hydrogen) atoms. The first-order valence-corrected chi connectivity index (χ1v) is 10.4. The SMILES string of the molecule is Cc1cc(NC(=O)c2nc(C(=O)NCCC3=CCCCC3)n3c2CCCC3)no1. The Balaban J connectivity index is 1.47. The number of amides is 2. The Hall–Kier alpha value is -2.90. The number of nitrogens with one attached hydrogen (secondary N) is 2. The molecule has 0 atom stereocenters. The van der Waals surface area contributed by atoms with Crippen molar-refractivity contribution in [2.45, 2.75) is 64.8 Å². The summed E-state index contributed by atoms with van der Waals surface area (Å²) in [7, 11) is 0. The number of nitrogens with zero attached hydrogens (tertiary/aromatic N) is 3. The fraction of sp³-hybridized carbons (Fsp3) is 0.524. The zero-order valence-electron chi connectivity index (χ0n) is 16.8. The van der Waals surface area contributed by atoms with Gasteiger partial charge in [-0.05, 0) is 58.3 Å². The minimum atomic E-state index is -0.365. The van der Waals surface area contributed by atoms with Gasteiger partial charge in [0.25, 0.3) is 11.8 Å². The van der Waals surface area contributed by atoms with Crippen molar-refractivity contribution in [2.75, 3.05) is 11.9 Å². The van der Waals surface area contributed by atoms with Gasteiger partial charge in [0.1, 0.15) is 5.76 Å². The summed E-state index contributed by atoms with van der Waals surface area (Å²) >= 11 is 0. The van der Waals surface area contributed by atoms with E-state index in [1.165, 1.54) is 18.4 Å². The molecule has 0 bridgehead atoms. The Morgan fingerprint density at radius 2 is 2.03 bits per heavy atom. The van der Waals surface area contributed by atoms with E-state index in [9.17, 15) is 9.59 Å². The summed E-state index contributed by atoms with van der Waals surface area (Å²) in [6, 6.07) is 1.65. The minimum absolute atomic E-state index is 0.221. The highest BCUT2D eigenvalue weighted by Gasteiger charge is 2.27. The third kappa shape index (κ3) is 4.41. The topological polar surface area (TPSA) is 102 Å². The number of aromatic nitrogens is 3. The lowest BCUT2D eigenvalue weighted by Gasteiger charge is -2.17. The molecule has 8 nitrogen and oxygen atoms in total. The van der Waals surface area contributed by atoms with Crippen LogP contribution in [0, 0.1) is 6.92 Å². The predicted molar refractivity (Wildman–Crippen MR) is 108 cm³/mol. The molecule has 0 aromatic carbocycles. The smallest absolute Gasteiger partial charge is 0.287 e. The van der Waals surface area contributed by atoms with Crippen LogP contribution in [0.2, 0.25) is 0 Å². The van der Waals surface area contributed by atoms with Gasteiger partial charge in [-0.1, -0.05) is 16.8 Å². The summed E-state index contributed by atoms with van der Waals surface area (Å²) in [5.41, 5.74) is 2.53. The molecule has 0 fully saturated rings. The Labute approximate surface area is 169 Å². The molecule has 0 saturated carbocycles. The van der Waals surface area contributed by atoms with Gasteiger partial charge in [0.15, 0.2) is 17.3 Å². The van der Waals surface area contributed by atoms with Gasteiger partial charge >= 0.3 is 0 Å². The lowest BCUT2D eigenvalue weighted by atomic mass is 9.97. The molecule has 4 rings (SSSR count). The van der Waals surface area contributed by atoms with E-state index >= 15 is 0 Å². The van der Waals surface area contributed by atoms with Crippen molar-refractivity contribution in [1.82, 2.24) is 20.0 Å². The first-order valence-electron chi connectivity index (χ1n) is 10.4. The fourth-order valence-corrected chi connectivity index (χ4v) is 4.05. The molecular formula is C21H27N5O3. The molecule has 0 unspecified atom stereocenters. The summed E-state index contributed by atoms with van der Waals surface area (Å²) in [4.78, 5) is 30.0. The molecule has 1 aliphatic heterocycles. The minimum Gasteiger partial charge on any atom is -0.360 e. The first kappa shape index (κ1) is 19.4. The van der Waals surface area contributed by atoms with Gasteiger partial charge < -0.3 is 19.7 Å². The second-order valence-corrected chi connectivity index (χ2v) is 7.73. The number of carbonyl (C=O) groups excluding carboxylic acids is 2. The number of allylic oxidation sites excluding steroid dienone is 1. The number of hydrogen-bond donors (Lipinski definition) is 2. The largest absolute Gasteiger partial charge is 0.360 e. The Kier molecular flexibility index (Phi) is 5.78. The van der Waals surface area contributed by atoms with E-state index < -0.39 is 0 Å². The van der Waals surface area contributed by atoms with E-state index in [4.69, 9.17) is 4.52 Å². The van der Waals surface area contributed by atoms with E-state index in [0.29, 0.717) is 36.2 Å². The van der Waals surface area contributed by atoms with E-state index in [0.717, 1.165) is 44.2 Å². The van der Waals surface area contributed by atoms with Crippen LogP contribution in [0.15, 0.2) is 22.2 Å². The zero-order chi connectivity index (χ0) is 20.2. The number of carbonyl (C=O) groups is 2. The van der Waals surface area contributed by atoms with Gasteiger partial charge in [-0.15, -0.1) is 0 Å². The monoisotopic (exact) mass is 397 g/mol. The molecule has 2 amide bonds. The normalized spacial score (nSPS) is 16.1. The number of imidazole rings is 1. The third-order valence-corrected chi connectivity index (χ3v) is 5.52. The van der Waals surface area contributed by atoms with Crippen molar-refractivity contribution in [3.8, 4) is 0 Å².